The summed E-state index contributed by atoms with van der Waals surface area (Å²) in [6.45, 7) is 15.4. The number of rotatable bonds is 3. The van der Waals surface area contributed by atoms with Crippen molar-refractivity contribution in [3.05, 3.63) is 64.9 Å². The highest BCUT2D eigenvalue weighted by Gasteiger charge is 2.39. The number of hydrogen-bond acceptors (Lipinski definition) is 4. The van der Waals surface area contributed by atoms with Crippen LogP contribution in [0, 0.1) is 0 Å². The molecule has 2 aliphatic heterocycles. The van der Waals surface area contributed by atoms with E-state index in [1.165, 1.54) is 5.57 Å². The fourth-order valence-corrected chi connectivity index (χ4v) is 4.82. The van der Waals surface area contributed by atoms with E-state index in [0.717, 1.165) is 39.6 Å². The summed E-state index contributed by atoms with van der Waals surface area (Å²) in [4.78, 5) is 20.0. The number of carbonyl (C=O) groups excluding carboxylic acids is 1. The van der Waals surface area contributed by atoms with E-state index in [1.807, 2.05) is 13.0 Å². The first-order valence-electron chi connectivity index (χ1n) is 10.6. The number of ketones is 1. The van der Waals surface area contributed by atoms with E-state index in [1.54, 1.807) is 12.2 Å². The van der Waals surface area contributed by atoms with Crippen molar-refractivity contribution in [2.24, 2.45) is 4.99 Å². The van der Waals surface area contributed by atoms with Gasteiger partial charge in [-0.25, -0.2) is 0 Å². The second-order valence-electron chi connectivity index (χ2n) is 9.36. The third kappa shape index (κ3) is 3.34. The number of ether oxygens (including phenoxy) is 1. The van der Waals surface area contributed by atoms with Gasteiger partial charge in [0.05, 0.1) is 29.1 Å². The molecule has 0 radical (unpaired) electrons. The lowest BCUT2D eigenvalue weighted by atomic mass is 9.82. The van der Waals surface area contributed by atoms with Crippen LogP contribution < -0.4 is 9.64 Å². The Morgan fingerprint density at radius 1 is 1.03 bits per heavy atom. The Labute approximate surface area is 179 Å². The van der Waals surface area contributed by atoms with Crippen LogP contribution in [0.1, 0.15) is 54.0 Å². The van der Waals surface area contributed by atoms with E-state index in [4.69, 9.17) is 9.73 Å². The number of carbonyl (C=O) groups is 1. The summed E-state index contributed by atoms with van der Waals surface area (Å²) in [5, 5.41) is 0. The number of hydrogen-bond donors (Lipinski definition) is 0. The molecule has 4 heteroatoms. The largest absolute Gasteiger partial charge is 0.494 e. The lowest BCUT2D eigenvalue weighted by Gasteiger charge is -2.46. The van der Waals surface area contributed by atoms with Crippen LogP contribution in [-0.4, -0.2) is 29.2 Å². The molecule has 4 rings (SSSR count). The highest BCUT2D eigenvalue weighted by Crippen LogP contribution is 2.45. The van der Waals surface area contributed by atoms with E-state index >= 15 is 0 Å². The molecule has 2 heterocycles. The molecule has 4 nitrogen and oxygen atoms in total. The van der Waals surface area contributed by atoms with Gasteiger partial charge >= 0.3 is 0 Å². The Hall–Kier alpha value is -2.88. The van der Waals surface area contributed by atoms with Crippen LogP contribution in [0.25, 0.3) is 5.57 Å². The van der Waals surface area contributed by atoms with E-state index in [-0.39, 0.29) is 16.9 Å². The van der Waals surface area contributed by atoms with Gasteiger partial charge in [-0.15, -0.1) is 0 Å². The van der Waals surface area contributed by atoms with E-state index < -0.39 is 0 Å². The Morgan fingerprint density at radius 3 is 2.47 bits per heavy atom. The van der Waals surface area contributed by atoms with Crippen LogP contribution in [0.15, 0.2) is 64.3 Å². The highest BCUT2D eigenvalue weighted by molar-refractivity contribution is 6.26. The van der Waals surface area contributed by atoms with Crippen molar-refractivity contribution in [3.8, 4) is 5.75 Å². The van der Waals surface area contributed by atoms with Gasteiger partial charge in [-0.3, -0.25) is 9.79 Å². The first-order chi connectivity index (χ1) is 14.0. The second-order valence-corrected chi connectivity index (χ2v) is 9.36. The van der Waals surface area contributed by atoms with Crippen LogP contribution in [0.4, 0.5) is 5.69 Å². The Kier molecular flexibility index (Phi) is 4.64. The maximum absolute atomic E-state index is 12.7. The molecule has 0 amide bonds. The molecular weight excluding hydrogens is 372 g/mol. The zero-order valence-electron chi connectivity index (χ0n) is 19.0. The third-order valence-electron chi connectivity index (χ3n) is 5.79. The quantitative estimate of drug-likeness (QED) is 0.613. The number of dihydropyridines is 1. The fourth-order valence-electron chi connectivity index (χ4n) is 4.82. The van der Waals surface area contributed by atoms with Gasteiger partial charge in [-0.05, 0) is 83.9 Å². The number of anilines is 1. The van der Waals surface area contributed by atoms with Gasteiger partial charge in [0.2, 0.25) is 0 Å². The van der Waals surface area contributed by atoms with Crippen molar-refractivity contribution in [1.29, 1.82) is 0 Å². The van der Waals surface area contributed by atoms with Crippen molar-refractivity contribution < 1.29 is 9.53 Å². The van der Waals surface area contributed by atoms with Crippen LogP contribution >= 0.6 is 0 Å². The summed E-state index contributed by atoms with van der Waals surface area (Å²) in [6, 6.07) is 6.19. The number of allylic oxidation sites excluding steroid dienone is 5. The Balaban J connectivity index is 1.91. The third-order valence-corrected chi connectivity index (χ3v) is 5.79. The molecule has 0 unspecified atom stereocenters. The van der Waals surface area contributed by atoms with E-state index in [2.05, 4.69) is 70.7 Å². The summed E-state index contributed by atoms with van der Waals surface area (Å²) < 4.78 is 5.74. The van der Waals surface area contributed by atoms with Gasteiger partial charge in [0.15, 0.2) is 5.78 Å². The highest BCUT2D eigenvalue weighted by atomic mass is 16.5. The number of benzene rings is 1. The normalized spacial score (nSPS) is 21.5. The topological polar surface area (TPSA) is 41.9 Å². The smallest absolute Gasteiger partial charge is 0.181 e. The first-order valence-corrected chi connectivity index (χ1v) is 10.6. The van der Waals surface area contributed by atoms with Crippen molar-refractivity contribution in [2.75, 3.05) is 11.5 Å². The van der Waals surface area contributed by atoms with Crippen molar-refractivity contribution in [2.45, 2.75) is 59.5 Å². The molecule has 0 fully saturated rings. The van der Waals surface area contributed by atoms with Gasteiger partial charge in [-0.2, -0.15) is 0 Å². The Morgan fingerprint density at radius 2 is 1.77 bits per heavy atom. The fraction of sp³-hybridized carbons (Fsp3) is 0.385. The molecule has 0 bridgehead atoms. The molecule has 0 N–H and O–H groups in total. The second kappa shape index (κ2) is 6.83. The summed E-state index contributed by atoms with van der Waals surface area (Å²) >= 11 is 0. The number of fused-ring (bicyclic) bond motifs is 2. The molecule has 30 heavy (non-hydrogen) atoms. The molecule has 156 valence electrons. The molecule has 1 aromatic carbocycles. The van der Waals surface area contributed by atoms with Gasteiger partial charge in [0, 0.05) is 22.9 Å². The minimum Gasteiger partial charge on any atom is -0.494 e. The lowest BCUT2D eigenvalue weighted by Crippen LogP contribution is -2.48. The summed E-state index contributed by atoms with van der Waals surface area (Å²) in [5.41, 5.74) is 6.52. The minimum atomic E-state index is -0.319. The lowest BCUT2D eigenvalue weighted by molar-refractivity contribution is -0.110. The molecule has 0 spiro atoms. The summed E-state index contributed by atoms with van der Waals surface area (Å²) in [7, 11) is 0. The van der Waals surface area contributed by atoms with Crippen LogP contribution in [-0.2, 0) is 4.79 Å². The molecule has 1 aliphatic carbocycles. The molecule has 0 atom stereocenters. The zero-order chi connectivity index (χ0) is 21.8. The number of aliphatic imine (C=N–C) groups is 1. The monoisotopic (exact) mass is 402 g/mol. The molecular formula is C26H30N2O2. The molecule has 3 aliphatic rings. The van der Waals surface area contributed by atoms with Crippen molar-refractivity contribution >= 4 is 22.8 Å². The summed E-state index contributed by atoms with van der Waals surface area (Å²) in [6.07, 6.45) is 7.83. The van der Waals surface area contributed by atoms with Crippen molar-refractivity contribution in [1.82, 2.24) is 0 Å². The maximum Gasteiger partial charge on any atom is 0.181 e. The van der Waals surface area contributed by atoms with Crippen molar-refractivity contribution in [3.63, 3.8) is 0 Å². The number of nitrogens with zero attached hydrogens (tertiary/aromatic N) is 2. The summed E-state index contributed by atoms with van der Waals surface area (Å²) in [5.74, 6) is 0.855. The van der Waals surface area contributed by atoms with E-state index in [0.29, 0.717) is 6.61 Å². The predicted octanol–water partition coefficient (Wildman–Crippen LogP) is 5.66. The van der Waals surface area contributed by atoms with Gasteiger partial charge < -0.3 is 9.64 Å². The average Bonchev–Trinajstić information content (AvgIpc) is 2.62. The van der Waals surface area contributed by atoms with Crippen LogP contribution in [0.2, 0.25) is 0 Å². The molecule has 0 saturated carbocycles. The van der Waals surface area contributed by atoms with Crippen LogP contribution in [0.3, 0.4) is 0 Å². The minimum absolute atomic E-state index is 0.000896. The van der Waals surface area contributed by atoms with Gasteiger partial charge in [0.1, 0.15) is 5.75 Å². The zero-order valence-corrected chi connectivity index (χ0v) is 19.0. The van der Waals surface area contributed by atoms with Crippen LogP contribution in [0.5, 0.6) is 5.75 Å². The Bertz CT molecular complexity index is 1090. The molecule has 0 aromatic heterocycles. The SMILES string of the molecule is CCOc1ccc2c(c1)C(C)=CC(C)(C)N2C1=CC(=O)C=C2C(C)=CC(C)(C)N=C21. The standard InChI is InChI=1S/C26H30N2O2/c1-8-30-19-9-10-22-20(13-19)17(3)15-26(6,7)28(22)23-12-18(29)11-21-16(2)14-25(4,5)27-24(21)23/h9-15H,8H2,1-7H3. The van der Waals surface area contributed by atoms with E-state index in [9.17, 15) is 4.79 Å². The predicted molar refractivity (Wildman–Crippen MR) is 124 cm³/mol. The van der Waals surface area contributed by atoms with Gasteiger partial charge in [-0.1, -0.05) is 12.2 Å². The maximum atomic E-state index is 12.7. The molecule has 1 aromatic rings. The average molecular weight is 403 g/mol. The van der Waals surface area contributed by atoms with Gasteiger partial charge in [0.25, 0.3) is 0 Å². The molecule has 0 saturated heterocycles. The first kappa shape index (κ1) is 20.4.